The number of hydrogen-bond donors (Lipinski definition) is 1. The molecule has 1 atom stereocenters. The maximum Gasteiger partial charge on any atom is 0.0974 e. The first-order valence-corrected chi connectivity index (χ1v) is 3.06. The van der Waals surface area contributed by atoms with Gasteiger partial charge in [-0.15, -0.1) is 0 Å². The quantitative estimate of drug-likeness (QED) is 0.551. The molecule has 0 saturated heterocycles. The predicted octanol–water partition coefficient (Wildman–Crippen LogP) is 1.34. The molecule has 0 amide bonds. The third-order valence-corrected chi connectivity index (χ3v) is 1.03. The van der Waals surface area contributed by atoms with Crippen LogP contribution in [0.3, 0.4) is 0 Å². The smallest absolute Gasteiger partial charge is 0.0974 e. The number of hydrogen-bond acceptors (Lipinski definition) is 1. The van der Waals surface area contributed by atoms with E-state index < -0.39 is 6.17 Å². The molecule has 1 N–H and O–H groups in total. The summed E-state index contributed by atoms with van der Waals surface area (Å²) in [5, 5.41) is 2.96. The van der Waals surface area contributed by atoms with Crippen LogP contribution in [0.2, 0.25) is 0 Å². The highest BCUT2D eigenvalue weighted by Gasteiger charge is 1.94. The van der Waals surface area contributed by atoms with E-state index in [4.69, 9.17) is 0 Å². The highest BCUT2D eigenvalue weighted by molar-refractivity contribution is 4.48. The molecule has 1 nitrogen and oxygen atoms in total. The molecular formula is C6H14FN. The summed E-state index contributed by atoms with van der Waals surface area (Å²) in [6.07, 6.45) is 0.984. The molecule has 2 heteroatoms. The van der Waals surface area contributed by atoms with E-state index in [0.717, 1.165) is 13.0 Å². The largest absolute Gasteiger partial charge is 0.320 e. The average molecular weight is 119 g/mol. The second-order valence-electron chi connectivity index (χ2n) is 2.03. The van der Waals surface area contributed by atoms with Gasteiger partial charge in [-0.25, -0.2) is 4.39 Å². The Kier molecular flexibility index (Phi) is 4.97. The zero-order valence-electron chi connectivity index (χ0n) is 5.58. The van der Waals surface area contributed by atoms with Gasteiger partial charge in [0.25, 0.3) is 0 Å². The number of alkyl halides is 1. The Morgan fingerprint density at radius 2 is 2.25 bits per heavy atom. The van der Waals surface area contributed by atoms with Gasteiger partial charge in [-0.3, -0.25) is 0 Å². The molecule has 8 heavy (non-hydrogen) atoms. The standard InChI is InChI=1S/C6H14FN/c1-6(7)4-3-5-8-2/h6,8H,3-5H2,1-2H3. The average Bonchev–Trinajstić information content (AvgIpc) is 1.66. The molecule has 1 unspecified atom stereocenters. The Morgan fingerprint density at radius 3 is 2.62 bits per heavy atom. The summed E-state index contributed by atoms with van der Waals surface area (Å²) in [4.78, 5) is 0. The van der Waals surface area contributed by atoms with Crippen molar-refractivity contribution in [1.82, 2.24) is 5.32 Å². The van der Waals surface area contributed by atoms with E-state index >= 15 is 0 Å². The summed E-state index contributed by atoms with van der Waals surface area (Å²) in [7, 11) is 1.88. The molecule has 0 aliphatic carbocycles. The molecule has 0 saturated carbocycles. The topological polar surface area (TPSA) is 12.0 Å². The van der Waals surface area contributed by atoms with Crippen molar-refractivity contribution in [1.29, 1.82) is 0 Å². The van der Waals surface area contributed by atoms with Crippen molar-refractivity contribution in [2.75, 3.05) is 13.6 Å². The third kappa shape index (κ3) is 5.89. The Morgan fingerprint density at radius 1 is 1.62 bits per heavy atom. The van der Waals surface area contributed by atoms with Gasteiger partial charge in [-0.05, 0) is 33.4 Å². The van der Waals surface area contributed by atoms with Crippen LogP contribution in [0.5, 0.6) is 0 Å². The van der Waals surface area contributed by atoms with Crippen molar-refractivity contribution in [3.63, 3.8) is 0 Å². The summed E-state index contributed by atoms with van der Waals surface area (Å²) in [6.45, 7) is 2.52. The van der Waals surface area contributed by atoms with E-state index in [1.54, 1.807) is 6.92 Å². The van der Waals surface area contributed by atoms with Gasteiger partial charge in [-0.1, -0.05) is 0 Å². The van der Waals surface area contributed by atoms with E-state index in [2.05, 4.69) is 5.32 Å². The zero-order valence-corrected chi connectivity index (χ0v) is 5.58. The second kappa shape index (κ2) is 5.04. The van der Waals surface area contributed by atoms with Crippen LogP contribution in [-0.4, -0.2) is 19.8 Å². The number of rotatable bonds is 4. The fourth-order valence-electron chi connectivity index (χ4n) is 0.560. The molecule has 0 spiro atoms. The van der Waals surface area contributed by atoms with E-state index in [1.165, 1.54) is 0 Å². The normalized spacial score (nSPS) is 13.9. The van der Waals surface area contributed by atoms with Crippen LogP contribution in [0.4, 0.5) is 4.39 Å². The van der Waals surface area contributed by atoms with Gasteiger partial charge >= 0.3 is 0 Å². The molecule has 0 aromatic carbocycles. The van der Waals surface area contributed by atoms with Crippen molar-refractivity contribution in [2.45, 2.75) is 25.9 Å². The number of halogens is 1. The molecule has 0 bridgehead atoms. The zero-order chi connectivity index (χ0) is 6.41. The summed E-state index contributed by atoms with van der Waals surface area (Å²) in [6, 6.07) is 0. The second-order valence-corrected chi connectivity index (χ2v) is 2.03. The fourth-order valence-corrected chi connectivity index (χ4v) is 0.560. The molecule has 0 aliphatic heterocycles. The van der Waals surface area contributed by atoms with Crippen LogP contribution in [0.25, 0.3) is 0 Å². The van der Waals surface area contributed by atoms with E-state index in [1.807, 2.05) is 7.05 Å². The molecule has 0 radical (unpaired) electrons. The van der Waals surface area contributed by atoms with Crippen LogP contribution in [-0.2, 0) is 0 Å². The monoisotopic (exact) mass is 119 g/mol. The van der Waals surface area contributed by atoms with Crippen LogP contribution in [0.15, 0.2) is 0 Å². The van der Waals surface area contributed by atoms with Crippen LogP contribution in [0.1, 0.15) is 19.8 Å². The Balaban J connectivity index is 2.72. The first-order chi connectivity index (χ1) is 3.77. The molecular weight excluding hydrogens is 105 g/mol. The maximum atomic E-state index is 12.0. The lowest BCUT2D eigenvalue weighted by atomic mass is 10.2. The lowest BCUT2D eigenvalue weighted by molar-refractivity contribution is 0.333. The molecule has 0 rings (SSSR count). The van der Waals surface area contributed by atoms with Crippen LogP contribution < -0.4 is 5.32 Å². The molecule has 0 aromatic rings. The van der Waals surface area contributed by atoms with Crippen molar-refractivity contribution >= 4 is 0 Å². The summed E-state index contributed by atoms with van der Waals surface area (Å²) in [5.74, 6) is 0. The van der Waals surface area contributed by atoms with Gasteiger partial charge in [0.2, 0.25) is 0 Å². The van der Waals surface area contributed by atoms with Crippen molar-refractivity contribution in [2.24, 2.45) is 0 Å². The summed E-state index contributed by atoms with van der Waals surface area (Å²) in [5.41, 5.74) is 0. The van der Waals surface area contributed by atoms with E-state index in [9.17, 15) is 4.39 Å². The van der Waals surface area contributed by atoms with Gasteiger partial charge in [0, 0.05) is 0 Å². The van der Waals surface area contributed by atoms with Crippen LogP contribution >= 0.6 is 0 Å². The van der Waals surface area contributed by atoms with E-state index in [0.29, 0.717) is 6.42 Å². The SMILES string of the molecule is CNCCCC(C)F. The Labute approximate surface area is 50.3 Å². The molecule has 0 heterocycles. The minimum atomic E-state index is -0.636. The minimum Gasteiger partial charge on any atom is -0.320 e. The predicted molar refractivity (Wildman–Crippen MR) is 33.7 cm³/mol. The molecule has 0 aliphatic rings. The highest BCUT2D eigenvalue weighted by Crippen LogP contribution is 1.97. The summed E-state index contributed by atoms with van der Waals surface area (Å²) < 4.78 is 12.0. The van der Waals surface area contributed by atoms with Gasteiger partial charge < -0.3 is 5.32 Å². The number of nitrogens with one attached hydrogen (secondary N) is 1. The van der Waals surface area contributed by atoms with Gasteiger partial charge in [-0.2, -0.15) is 0 Å². The highest BCUT2D eigenvalue weighted by atomic mass is 19.1. The van der Waals surface area contributed by atoms with Crippen LogP contribution in [0, 0.1) is 0 Å². The van der Waals surface area contributed by atoms with Gasteiger partial charge in [0.1, 0.15) is 0 Å². The third-order valence-electron chi connectivity index (χ3n) is 1.03. The van der Waals surface area contributed by atoms with Gasteiger partial charge in [0.15, 0.2) is 0 Å². The Hall–Kier alpha value is -0.110. The summed E-state index contributed by atoms with van der Waals surface area (Å²) >= 11 is 0. The van der Waals surface area contributed by atoms with Gasteiger partial charge in [0.05, 0.1) is 6.17 Å². The maximum absolute atomic E-state index is 12.0. The van der Waals surface area contributed by atoms with E-state index in [-0.39, 0.29) is 0 Å². The molecule has 50 valence electrons. The minimum absolute atomic E-state index is 0.636. The first-order valence-electron chi connectivity index (χ1n) is 3.06. The van der Waals surface area contributed by atoms with Crippen molar-refractivity contribution in [3.8, 4) is 0 Å². The van der Waals surface area contributed by atoms with Crippen molar-refractivity contribution in [3.05, 3.63) is 0 Å². The lowest BCUT2D eigenvalue weighted by Crippen LogP contribution is -2.08. The first kappa shape index (κ1) is 7.89. The lowest BCUT2D eigenvalue weighted by Gasteiger charge is -1.98. The Bertz CT molecular complexity index is 45.8. The van der Waals surface area contributed by atoms with Crippen molar-refractivity contribution < 1.29 is 4.39 Å². The molecule has 0 aromatic heterocycles. The fraction of sp³-hybridized carbons (Fsp3) is 1.00. The molecule has 0 fully saturated rings.